The summed E-state index contributed by atoms with van der Waals surface area (Å²) in [6.07, 6.45) is 0. The van der Waals surface area contributed by atoms with E-state index in [1.54, 1.807) is 36.4 Å². The number of benzene rings is 4. The monoisotopic (exact) mass is 587 g/mol. The van der Waals surface area contributed by atoms with Crippen LogP contribution in [0.2, 0.25) is 5.02 Å². The largest absolute Gasteiger partial charge is 0.457 e. The van der Waals surface area contributed by atoms with Crippen molar-refractivity contribution in [3.8, 4) is 0 Å². The minimum absolute atomic E-state index is 0.0843. The number of rotatable bonds is 4. The molecule has 8 heteroatoms. The molecule has 4 aliphatic rings. The summed E-state index contributed by atoms with van der Waals surface area (Å²) in [5, 5.41) is 0.595. The minimum Gasteiger partial charge on any atom is -0.457 e. The van der Waals surface area contributed by atoms with E-state index in [2.05, 4.69) is 0 Å². The van der Waals surface area contributed by atoms with Crippen LogP contribution in [-0.2, 0) is 30.7 Å². The lowest BCUT2D eigenvalue weighted by molar-refractivity contribution is -0.122. The number of hydrogen-bond acceptors (Lipinski definition) is 4. The molecule has 1 fully saturated rings. The average Bonchev–Trinajstić information content (AvgIpc) is 3.26. The summed E-state index contributed by atoms with van der Waals surface area (Å²) in [7, 11) is 0. The smallest absolute Gasteiger partial charge is 0.338 e. The molecule has 198 valence electrons. The van der Waals surface area contributed by atoms with Crippen molar-refractivity contribution < 1.29 is 19.1 Å². The third-order valence-electron chi connectivity index (χ3n) is 8.23. The Morgan fingerprint density at radius 3 is 1.60 bits per heavy atom. The lowest BCUT2D eigenvalue weighted by atomic mass is 9.54. The van der Waals surface area contributed by atoms with Gasteiger partial charge in [0.2, 0.25) is 11.8 Å². The van der Waals surface area contributed by atoms with E-state index < -0.39 is 39.4 Å². The van der Waals surface area contributed by atoms with Gasteiger partial charge in [0.25, 0.3) is 0 Å². The van der Waals surface area contributed by atoms with Crippen LogP contribution in [0.5, 0.6) is 0 Å². The van der Waals surface area contributed by atoms with Crippen molar-refractivity contribution in [2.45, 2.75) is 16.4 Å². The van der Waals surface area contributed by atoms with Gasteiger partial charge in [0, 0.05) is 5.02 Å². The highest BCUT2D eigenvalue weighted by Gasteiger charge is 2.73. The fourth-order valence-electron chi connectivity index (χ4n) is 6.48. The Bertz CT molecular complexity index is 1600. The SMILES string of the molecule is O=C(OCc1ccc(Cl)cc1)c1ccc(N2C(=O)[C@@H]3[C@@H](C2=O)C2(Cl)c4ccccc4C3(Cl)c3ccccc32)cc1. The van der Waals surface area contributed by atoms with Gasteiger partial charge in [-0.2, -0.15) is 0 Å². The number of esters is 1. The van der Waals surface area contributed by atoms with E-state index in [-0.39, 0.29) is 12.2 Å². The van der Waals surface area contributed by atoms with Gasteiger partial charge in [-0.25, -0.2) is 9.69 Å². The normalized spacial score (nSPS) is 25.8. The molecule has 8 rings (SSSR count). The molecule has 1 heterocycles. The molecular formula is C32H20Cl3NO4. The molecule has 2 amide bonds. The maximum absolute atomic E-state index is 14.1. The third-order valence-corrected chi connectivity index (χ3v) is 9.77. The number of halogens is 3. The van der Waals surface area contributed by atoms with E-state index in [0.717, 1.165) is 32.7 Å². The Labute approximate surface area is 245 Å². The second kappa shape index (κ2) is 8.93. The van der Waals surface area contributed by atoms with E-state index in [0.29, 0.717) is 10.7 Å². The maximum atomic E-state index is 14.1. The first-order valence-corrected chi connectivity index (χ1v) is 13.9. The predicted molar refractivity (Wildman–Crippen MR) is 153 cm³/mol. The molecule has 2 atom stereocenters. The van der Waals surface area contributed by atoms with E-state index in [1.807, 2.05) is 48.5 Å². The zero-order chi connectivity index (χ0) is 27.8. The molecule has 0 aromatic heterocycles. The molecule has 40 heavy (non-hydrogen) atoms. The number of anilines is 1. The Kier molecular flexibility index (Phi) is 5.66. The summed E-state index contributed by atoms with van der Waals surface area (Å²) < 4.78 is 5.41. The molecule has 0 N–H and O–H groups in total. The van der Waals surface area contributed by atoms with Crippen LogP contribution in [0.3, 0.4) is 0 Å². The van der Waals surface area contributed by atoms with Gasteiger partial charge in [-0.1, -0.05) is 72.3 Å². The van der Waals surface area contributed by atoms with Gasteiger partial charge in [0.1, 0.15) is 16.4 Å². The van der Waals surface area contributed by atoms with Gasteiger partial charge >= 0.3 is 5.97 Å². The lowest BCUT2D eigenvalue weighted by Gasteiger charge is -2.54. The summed E-state index contributed by atoms with van der Waals surface area (Å²) in [4.78, 5) is 39.5. The molecular weight excluding hydrogens is 569 g/mol. The molecule has 0 saturated carbocycles. The number of imide groups is 1. The van der Waals surface area contributed by atoms with Gasteiger partial charge in [-0.05, 0) is 64.2 Å². The Hall–Kier alpha value is -3.64. The lowest BCUT2D eigenvalue weighted by Crippen LogP contribution is -2.57. The second-order valence-electron chi connectivity index (χ2n) is 10.2. The average molecular weight is 589 g/mol. The number of carbonyl (C=O) groups excluding carboxylic acids is 3. The topological polar surface area (TPSA) is 63.7 Å². The van der Waals surface area contributed by atoms with Crippen LogP contribution in [-0.4, -0.2) is 17.8 Å². The number of carbonyl (C=O) groups is 3. The fraction of sp³-hybridized carbons (Fsp3) is 0.156. The summed E-state index contributed by atoms with van der Waals surface area (Å²) in [6.45, 7) is 0.0843. The molecule has 2 bridgehead atoms. The molecule has 0 radical (unpaired) electrons. The third kappa shape index (κ3) is 3.32. The van der Waals surface area contributed by atoms with Crippen LogP contribution in [0.15, 0.2) is 97.1 Å². The van der Waals surface area contributed by atoms with Crippen molar-refractivity contribution in [1.29, 1.82) is 0 Å². The molecule has 1 saturated heterocycles. The molecule has 5 nitrogen and oxygen atoms in total. The van der Waals surface area contributed by atoms with Gasteiger partial charge in [0.05, 0.1) is 23.1 Å². The van der Waals surface area contributed by atoms with Crippen molar-refractivity contribution in [2.75, 3.05) is 4.90 Å². The molecule has 4 aromatic rings. The van der Waals surface area contributed by atoms with Crippen molar-refractivity contribution in [1.82, 2.24) is 0 Å². The van der Waals surface area contributed by atoms with E-state index in [1.165, 1.54) is 12.1 Å². The first-order valence-electron chi connectivity index (χ1n) is 12.7. The van der Waals surface area contributed by atoms with Crippen LogP contribution in [0.25, 0.3) is 0 Å². The van der Waals surface area contributed by atoms with Crippen LogP contribution < -0.4 is 4.90 Å². The molecule has 1 aliphatic heterocycles. The highest BCUT2D eigenvalue weighted by molar-refractivity contribution is 6.38. The summed E-state index contributed by atoms with van der Waals surface area (Å²) in [5.41, 5.74) is 4.40. The summed E-state index contributed by atoms with van der Waals surface area (Å²) >= 11 is 20.8. The first-order chi connectivity index (χ1) is 19.3. The predicted octanol–water partition coefficient (Wildman–Crippen LogP) is 6.79. The quantitative estimate of drug-likeness (QED) is 0.150. The maximum Gasteiger partial charge on any atom is 0.338 e. The zero-order valence-corrected chi connectivity index (χ0v) is 23.1. The van der Waals surface area contributed by atoms with Crippen molar-refractivity contribution in [3.05, 3.63) is 135 Å². The molecule has 3 aliphatic carbocycles. The molecule has 0 spiro atoms. The number of nitrogens with zero attached hydrogens (tertiary/aromatic N) is 1. The van der Waals surface area contributed by atoms with Crippen LogP contribution in [0.4, 0.5) is 5.69 Å². The zero-order valence-electron chi connectivity index (χ0n) is 20.8. The van der Waals surface area contributed by atoms with Crippen LogP contribution in [0, 0.1) is 11.8 Å². The molecule has 4 aromatic carbocycles. The fourth-order valence-corrected chi connectivity index (χ4v) is 7.70. The van der Waals surface area contributed by atoms with E-state index >= 15 is 0 Å². The highest BCUT2D eigenvalue weighted by atomic mass is 35.5. The summed E-state index contributed by atoms with van der Waals surface area (Å²) in [5.74, 6) is -3.16. The van der Waals surface area contributed by atoms with Crippen LogP contribution in [0.1, 0.15) is 38.2 Å². The number of alkyl halides is 2. The Morgan fingerprint density at radius 1 is 0.700 bits per heavy atom. The first kappa shape index (κ1) is 25.3. The number of hydrogen-bond donors (Lipinski definition) is 0. The van der Waals surface area contributed by atoms with Crippen molar-refractivity contribution >= 4 is 58.3 Å². The van der Waals surface area contributed by atoms with Crippen LogP contribution >= 0.6 is 34.8 Å². The Balaban J connectivity index is 1.22. The molecule has 0 unspecified atom stereocenters. The van der Waals surface area contributed by atoms with Gasteiger partial charge in [-0.15, -0.1) is 23.2 Å². The van der Waals surface area contributed by atoms with Gasteiger partial charge in [-0.3, -0.25) is 9.59 Å². The van der Waals surface area contributed by atoms with Crippen molar-refractivity contribution in [3.63, 3.8) is 0 Å². The van der Waals surface area contributed by atoms with E-state index in [9.17, 15) is 14.4 Å². The minimum atomic E-state index is -1.25. The second-order valence-corrected chi connectivity index (χ2v) is 11.9. The highest BCUT2D eigenvalue weighted by Crippen LogP contribution is 2.69. The number of amides is 2. The standard InChI is InChI=1S/C32H20Cl3NO4/c33-20-13-9-18(10-14-20)17-40-30(39)19-11-15-21(16-12-19)36-28(37)26-27(29(36)38)32(35)23-6-2-1-5-22(23)31(26,34)24-7-3-4-8-25(24)32/h1-16,26-27H,17H2/t26-,27-,31?,32?/m0/s1. The Morgan fingerprint density at radius 2 is 1.15 bits per heavy atom. The van der Waals surface area contributed by atoms with Gasteiger partial charge in [0.15, 0.2) is 0 Å². The summed E-state index contributed by atoms with van der Waals surface area (Å²) in [6, 6.07) is 28.2. The van der Waals surface area contributed by atoms with E-state index in [4.69, 9.17) is 39.5 Å². The van der Waals surface area contributed by atoms with Crippen molar-refractivity contribution in [2.24, 2.45) is 11.8 Å². The number of ether oxygens (including phenoxy) is 1. The van der Waals surface area contributed by atoms with Gasteiger partial charge < -0.3 is 4.74 Å².